The first kappa shape index (κ1) is 31.2. The lowest BCUT2D eigenvalue weighted by atomic mass is 10.1. The quantitative estimate of drug-likeness (QED) is 0.139. The highest BCUT2D eigenvalue weighted by Crippen LogP contribution is 2.28. The molecule has 0 fully saturated rings. The summed E-state index contributed by atoms with van der Waals surface area (Å²) in [7, 11) is -4.67. The normalized spacial score (nSPS) is 12.1. The van der Waals surface area contributed by atoms with E-state index >= 15 is 0 Å². The van der Waals surface area contributed by atoms with Crippen molar-refractivity contribution in [2.75, 3.05) is 6.54 Å². The van der Waals surface area contributed by atoms with Crippen LogP contribution in [0.5, 0.6) is 23.0 Å². The van der Waals surface area contributed by atoms with Gasteiger partial charge >= 0.3 is 22.3 Å². The Morgan fingerprint density at radius 1 is 0.795 bits per heavy atom. The van der Waals surface area contributed by atoms with Crippen LogP contribution < -0.4 is 14.8 Å². The van der Waals surface area contributed by atoms with E-state index in [9.17, 15) is 24.9 Å². The van der Waals surface area contributed by atoms with Gasteiger partial charge in [0.25, 0.3) is 0 Å². The van der Waals surface area contributed by atoms with Crippen LogP contribution in [0.1, 0.15) is 53.2 Å². The van der Waals surface area contributed by atoms with Crippen molar-refractivity contribution in [2.45, 2.75) is 32.4 Å². The number of benzene rings is 3. The van der Waals surface area contributed by atoms with E-state index in [1.807, 2.05) is 20.8 Å². The summed E-state index contributed by atoms with van der Waals surface area (Å²) in [4.78, 5) is 25.1. The Hall–Kier alpha value is -4.01. The second-order valence-corrected chi connectivity index (χ2v) is 10.1. The molecule has 1 atom stereocenters. The summed E-state index contributed by atoms with van der Waals surface area (Å²) < 4.78 is 42.5. The van der Waals surface area contributed by atoms with E-state index in [0.29, 0.717) is 5.56 Å². The number of aromatic hydroxyl groups is 2. The molecule has 13 heteroatoms. The van der Waals surface area contributed by atoms with Crippen LogP contribution >= 0.6 is 0 Å². The smallest absolute Gasteiger partial charge is 0.394 e. The van der Waals surface area contributed by atoms with Crippen molar-refractivity contribution in [3.8, 4) is 23.0 Å². The number of aliphatic hydroxyl groups excluding tert-OH is 1. The predicted octanol–water partition coefficient (Wildman–Crippen LogP) is 3.30. The highest BCUT2D eigenvalue weighted by Gasteiger charge is 2.18. The molecular formula is C26H29NO11S. The minimum atomic E-state index is -4.67. The molecule has 0 saturated heterocycles. The van der Waals surface area contributed by atoms with Gasteiger partial charge in [0.2, 0.25) is 0 Å². The van der Waals surface area contributed by atoms with Crippen molar-refractivity contribution in [1.29, 1.82) is 0 Å². The lowest BCUT2D eigenvalue weighted by Crippen LogP contribution is -2.38. The van der Waals surface area contributed by atoms with Crippen LogP contribution in [0.2, 0.25) is 0 Å². The minimum absolute atomic E-state index is 0.0106. The highest BCUT2D eigenvalue weighted by atomic mass is 32.3. The molecule has 0 radical (unpaired) electrons. The number of β-amino-alcohol motifs (C(OH)–C–C–N with tert-alkyl or cyclic N) is 1. The summed E-state index contributed by atoms with van der Waals surface area (Å²) in [5.41, 5.74) is 0.556. The molecule has 1 unspecified atom stereocenters. The molecule has 0 aliphatic rings. The molecule has 39 heavy (non-hydrogen) atoms. The van der Waals surface area contributed by atoms with Crippen LogP contribution in [0.15, 0.2) is 66.7 Å². The maximum Gasteiger partial charge on any atom is 0.394 e. The topological polar surface area (TPSA) is 200 Å². The van der Waals surface area contributed by atoms with Crippen molar-refractivity contribution >= 4 is 22.3 Å². The molecule has 6 N–H and O–H groups in total. The second kappa shape index (κ2) is 13.2. The third-order valence-electron chi connectivity index (χ3n) is 4.74. The van der Waals surface area contributed by atoms with Crippen LogP contribution in [0, 0.1) is 0 Å². The number of aliphatic hydroxyl groups is 1. The van der Waals surface area contributed by atoms with Gasteiger partial charge in [0, 0.05) is 18.2 Å². The highest BCUT2D eigenvalue weighted by molar-refractivity contribution is 7.79. The van der Waals surface area contributed by atoms with Crippen LogP contribution in [0.4, 0.5) is 0 Å². The first-order valence-electron chi connectivity index (χ1n) is 11.3. The van der Waals surface area contributed by atoms with Crippen LogP contribution in [-0.4, -0.2) is 56.9 Å². The molecule has 0 heterocycles. The fourth-order valence-corrected chi connectivity index (χ4v) is 2.95. The third-order valence-corrected chi connectivity index (χ3v) is 4.74. The van der Waals surface area contributed by atoms with Gasteiger partial charge in [-0.1, -0.05) is 0 Å². The molecule has 0 aliphatic carbocycles. The Balaban J connectivity index is 0.000000976. The Kier molecular flexibility index (Phi) is 10.5. The summed E-state index contributed by atoms with van der Waals surface area (Å²) in [6.45, 7) is 6.09. The molecule has 3 rings (SSSR count). The van der Waals surface area contributed by atoms with Crippen molar-refractivity contribution in [3.63, 3.8) is 0 Å². The fourth-order valence-electron chi connectivity index (χ4n) is 2.95. The van der Waals surface area contributed by atoms with E-state index in [2.05, 4.69) is 5.32 Å². The number of ether oxygens (including phenoxy) is 2. The molecule has 12 nitrogen and oxygen atoms in total. The second-order valence-electron chi connectivity index (χ2n) is 9.21. The van der Waals surface area contributed by atoms with Gasteiger partial charge in [-0.05, 0) is 87.0 Å². The number of rotatable bonds is 7. The van der Waals surface area contributed by atoms with Gasteiger partial charge in [-0.3, -0.25) is 9.11 Å². The molecule has 210 valence electrons. The lowest BCUT2D eigenvalue weighted by molar-refractivity contribution is 0.0730. The van der Waals surface area contributed by atoms with Gasteiger partial charge in [0.05, 0.1) is 17.2 Å². The number of phenols is 2. The zero-order valence-corrected chi connectivity index (χ0v) is 22.0. The number of esters is 2. The summed E-state index contributed by atoms with van der Waals surface area (Å²) >= 11 is 0. The van der Waals surface area contributed by atoms with Gasteiger partial charge in [0.15, 0.2) is 0 Å². The number of carbonyl (C=O) groups is 2. The van der Waals surface area contributed by atoms with Gasteiger partial charge in [-0.15, -0.1) is 0 Å². The largest absolute Gasteiger partial charge is 0.508 e. The number of hydrogen-bond acceptors (Lipinski definition) is 10. The van der Waals surface area contributed by atoms with E-state index in [1.165, 1.54) is 66.7 Å². The average Bonchev–Trinajstić information content (AvgIpc) is 2.81. The van der Waals surface area contributed by atoms with E-state index in [4.69, 9.17) is 27.0 Å². The maximum absolute atomic E-state index is 12.5. The van der Waals surface area contributed by atoms with Crippen LogP contribution in [0.25, 0.3) is 0 Å². The minimum Gasteiger partial charge on any atom is -0.508 e. The maximum atomic E-state index is 12.5. The Labute approximate surface area is 225 Å². The van der Waals surface area contributed by atoms with Crippen molar-refractivity contribution in [1.82, 2.24) is 5.32 Å². The van der Waals surface area contributed by atoms with E-state index in [1.54, 1.807) is 0 Å². The lowest BCUT2D eigenvalue weighted by Gasteiger charge is -2.23. The molecule has 3 aromatic carbocycles. The summed E-state index contributed by atoms with van der Waals surface area (Å²) in [5, 5.41) is 32.7. The first-order valence-corrected chi connectivity index (χ1v) is 12.7. The van der Waals surface area contributed by atoms with E-state index in [0.717, 1.165) is 0 Å². The summed E-state index contributed by atoms with van der Waals surface area (Å²) in [6, 6.07) is 15.4. The molecule has 0 aliphatic heterocycles. The van der Waals surface area contributed by atoms with Crippen LogP contribution in [0.3, 0.4) is 0 Å². The number of nitrogens with one attached hydrogen (secondary N) is 1. The zero-order chi connectivity index (χ0) is 29.4. The number of phenolic OH excluding ortho intramolecular Hbond substituents is 2. The average molecular weight is 564 g/mol. The molecule has 3 aromatic rings. The summed E-state index contributed by atoms with van der Waals surface area (Å²) in [6.07, 6.45) is -0.974. The van der Waals surface area contributed by atoms with E-state index in [-0.39, 0.29) is 46.2 Å². The number of carbonyl (C=O) groups excluding carboxylic acids is 2. The number of hydrogen-bond donors (Lipinski definition) is 6. The van der Waals surface area contributed by atoms with Crippen molar-refractivity contribution in [2.24, 2.45) is 0 Å². The molecule has 0 saturated carbocycles. The van der Waals surface area contributed by atoms with Crippen LogP contribution in [-0.2, 0) is 10.4 Å². The Morgan fingerprint density at radius 2 is 1.15 bits per heavy atom. The monoisotopic (exact) mass is 563 g/mol. The van der Waals surface area contributed by atoms with Crippen molar-refractivity contribution < 1.29 is 51.9 Å². The Bertz CT molecular complexity index is 1300. The van der Waals surface area contributed by atoms with Gasteiger partial charge in [-0.25, -0.2) is 9.59 Å². The van der Waals surface area contributed by atoms with E-state index < -0.39 is 28.4 Å². The molecule has 0 amide bonds. The first-order chi connectivity index (χ1) is 18.0. The third kappa shape index (κ3) is 11.9. The molecule has 0 spiro atoms. The molecule has 0 aromatic heterocycles. The van der Waals surface area contributed by atoms with Gasteiger partial charge < -0.3 is 30.1 Å². The summed E-state index contributed by atoms with van der Waals surface area (Å²) in [5.74, 6) is -1.21. The Morgan fingerprint density at radius 3 is 1.49 bits per heavy atom. The van der Waals surface area contributed by atoms with Gasteiger partial charge in [0.1, 0.15) is 23.0 Å². The molecular weight excluding hydrogens is 534 g/mol. The van der Waals surface area contributed by atoms with Crippen molar-refractivity contribution in [3.05, 3.63) is 83.4 Å². The molecule has 0 bridgehead atoms. The zero-order valence-electron chi connectivity index (χ0n) is 21.2. The SMILES string of the molecule is CC(C)(C)NCC(O)c1cc(OC(=O)c2ccc(O)cc2)cc(OC(=O)c2ccc(O)cc2)c1.O=S(=O)(O)O. The predicted molar refractivity (Wildman–Crippen MR) is 139 cm³/mol. The van der Waals surface area contributed by atoms with Gasteiger partial charge in [-0.2, -0.15) is 8.42 Å². The standard InChI is InChI=1S/C26H27NO7.H2O4S/c1-26(2,3)27-15-23(30)18-12-21(33-24(31)16-4-8-19(28)9-5-16)14-22(13-18)34-25(32)17-6-10-20(29)11-7-17;1-5(2,3)4/h4-14,23,27-30H,15H2,1-3H3;(H2,1,2,3,4). The fraction of sp³-hybridized carbons (Fsp3) is 0.231.